The number of hydrogen-bond acceptors (Lipinski definition) is 3. The molecule has 2 aliphatic rings. The standard InChI is InChI=1S/C13H21N3O/c1-15-11(5-8-14-15)4-6-13(17)7-10-16-9-2-3-12(13)16/h5,8,12,17H,2-4,6-7,9-10H2,1H3. The number of hydrogen-bond donors (Lipinski definition) is 1. The van der Waals surface area contributed by atoms with E-state index in [1.807, 2.05) is 24.0 Å². The maximum Gasteiger partial charge on any atom is 0.0818 e. The van der Waals surface area contributed by atoms with Crippen LogP contribution in [-0.4, -0.2) is 44.5 Å². The predicted octanol–water partition coefficient (Wildman–Crippen LogP) is 0.952. The van der Waals surface area contributed by atoms with Crippen molar-refractivity contribution in [2.24, 2.45) is 7.05 Å². The lowest BCUT2D eigenvalue weighted by Crippen LogP contribution is -2.41. The summed E-state index contributed by atoms with van der Waals surface area (Å²) >= 11 is 0. The molecule has 0 aliphatic carbocycles. The summed E-state index contributed by atoms with van der Waals surface area (Å²) in [5, 5.41) is 15.0. The molecule has 0 amide bonds. The number of nitrogens with zero attached hydrogens (tertiary/aromatic N) is 3. The van der Waals surface area contributed by atoms with Crippen LogP contribution >= 0.6 is 0 Å². The zero-order valence-corrected chi connectivity index (χ0v) is 10.5. The van der Waals surface area contributed by atoms with Gasteiger partial charge in [-0.3, -0.25) is 9.58 Å². The topological polar surface area (TPSA) is 41.3 Å². The minimum atomic E-state index is -0.458. The normalized spacial score (nSPS) is 33.2. The van der Waals surface area contributed by atoms with Crippen LogP contribution in [0.25, 0.3) is 0 Å². The number of rotatable bonds is 3. The van der Waals surface area contributed by atoms with Crippen LogP contribution in [-0.2, 0) is 13.5 Å². The minimum Gasteiger partial charge on any atom is -0.388 e. The van der Waals surface area contributed by atoms with Crippen LogP contribution in [0.15, 0.2) is 12.3 Å². The van der Waals surface area contributed by atoms with Crippen LogP contribution in [0.4, 0.5) is 0 Å². The van der Waals surface area contributed by atoms with Gasteiger partial charge in [0, 0.05) is 31.5 Å². The summed E-state index contributed by atoms with van der Waals surface area (Å²) in [4.78, 5) is 2.46. The molecule has 0 bridgehead atoms. The summed E-state index contributed by atoms with van der Waals surface area (Å²) in [6.45, 7) is 2.26. The Morgan fingerprint density at radius 2 is 2.41 bits per heavy atom. The van der Waals surface area contributed by atoms with Crippen molar-refractivity contribution >= 4 is 0 Å². The van der Waals surface area contributed by atoms with Crippen molar-refractivity contribution in [2.45, 2.75) is 43.7 Å². The van der Waals surface area contributed by atoms with Crippen LogP contribution in [0.5, 0.6) is 0 Å². The molecule has 1 aromatic rings. The maximum absolute atomic E-state index is 10.8. The summed E-state index contributed by atoms with van der Waals surface area (Å²) in [6.07, 6.45) is 6.98. The van der Waals surface area contributed by atoms with Crippen molar-refractivity contribution in [1.29, 1.82) is 0 Å². The average molecular weight is 235 g/mol. The Morgan fingerprint density at radius 1 is 1.53 bits per heavy atom. The van der Waals surface area contributed by atoms with Gasteiger partial charge in [0.1, 0.15) is 0 Å². The zero-order chi connectivity index (χ0) is 11.9. The van der Waals surface area contributed by atoms with Gasteiger partial charge < -0.3 is 5.11 Å². The van der Waals surface area contributed by atoms with Gasteiger partial charge in [-0.1, -0.05) is 0 Å². The molecule has 2 unspecified atom stereocenters. The van der Waals surface area contributed by atoms with E-state index in [4.69, 9.17) is 0 Å². The minimum absolute atomic E-state index is 0.413. The molecule has 4 nitrogen and oxygen atoms in total. The van der Waals surface area contributed by atoms with Crippen molar-refractivity contribution in [3.63, 3.8) is 0 Å². The van der Waals surface area contributed by atoms with Crippen molar-refractivity contribution in [1.82, 2.24) is 14.7 Å². The largest absolute Gasteiger partial charge is 0.388 e. The molecule has 3 heterocycles. The fourth-order valence-electron chi connectivity index (χ4n) is 3.49. The highest BCUT2D eigenvalue weighted by Gasteiger charge is 2.47. The molecule has 2 saturated heterocycles. The lowest BCUT2D eigenvalue weighted by molar-refractivity contribution is 0.00576. The van der Waals surface area contributed by atoms with E-state index in [9.17, 15) is 5.11 Å². The van der Waals surface area contributed by atoms with Gasteiger partial charge >= 0.3 is 0 Å². The summed E-state index contributed by atoms with van der Waals surface area (Å²) in [6, 6.07) is 2.46. The van der Waals surface area contributed by atoms with Crippen LogP contribution in [0.3, 0.4) is 0 Å². The van der Waals surface area contributed by atoms with Gasteiger partial charge in [0.15, 0.2) is 0 Å². The van der Waals surface area contributed by atoms with E-state index >= 15 is 0 Å². The maximum atomic E-state index is 10.8. The third kappa shape index (κ3) is 1.89. The first kappa shape index (κ1) is 11.2. The van der Waals surface area contributed by atoms with Crippen molar-refractivity contribution in [2.75, 3.05) is 13.1 Å². The zero-order valence-electron chi connectivity index (χ0n) is 10.5. The first-order valence-corrected chi connectivity index (χ1v) is 6.62. The third-order valence-corrected chi connectivity index (χ3v) is 4.55. The van der Waals surface area contributed by atoms with E-state index in [1.54, 1.807) is 0 Å². The van der Waals surface area contributed by atoms with Crippen LogP contribution in [0.2, 0.25) is 0 Å². The Bertz CT molecular complexity index is 403. The molecule has 1 N–H and O–H groups in total. The van der Waals surface area contributed by atoms with Crippen LogP contribution in [0, 0.1) is 0 Å². The molecule has 2 aliphatic heterocycles. The monoisotopic (exact) mass is 235 g/mol. The second-order valence-corrected chi connectivity index (χ2v) is 5.49. The van der Waals surface area contributed by atoms with E-state index in [0.29, 0.717) is 6.04 Å². The number of fused-ring (bicyclic) bond motifs is 1. The van der Waals surface area contributed by atoms with Crippen LogP contribution in [0.1, 0.15) is 31.4 Å². The van der Waals surface area contributed by atoms with E-state index in [-0.39, 0.29) is 0 Å². The highest BCUT2D eigenvalue weighted by Crippen LogP contribution is 2.38. The van der Waals surface area contributed by atoms with Crippen LogP contribution < -0.4 is 0 Å². The quantitative estimate of drug-likeness (QED) is 0.848. The second-order valence-electron chi connectivity index (χ2n) is 5.49. The van der Waals surface area contributed by atoms with Crippen molar-refractivity contribution < 1.29 is 5.11 Å². The Labute approximate surface area is 102 Å². The SMILES string of the molecule is Cn1nccc1CCC1(O)CCN2CCCC21. The van der Waals surface area contributed by atoms with E-state index in [1.165, 1.54) is 25.1 Å². The van der Waals surface area contributed by atoms with E-state index < -0.39 is 5.60 Å². The van der Waals surface area contributed by atoms with Gasteiger partial charge in [0.05, 0.1) is 5.60 Å². The summed E-state index contributed by atoms with van der Waals surface area (Å²) in [5.74, 6) is 0. The average Bonchev–Trinajstić information content (AvgIpc) is 2.97. The van der Waals surface area contributed by atoms with Gasteiger partial charge in [0.2, 0.25) is 0 Å². The van der Waals surface area contributed by atoms with Gasteiger partial charge in [-0.05, 0) is 44.7 Å². The molecular formula is C13H21N3O. The van der Waals surface area contributed by atoms with E-state index in [2.05, 4.69) is 10.00 Å². The first-order chi connectivity index (χ1) is 8.19. The molecular weight excluding hydrogens is 214 g/mol. The molecule has 0 saturated carbocycles. The fourth-order valence-corrected chi connectivity index (χ4v) is 3.49. The molecule has 1 aromatic heterocycles. The molecule has 3 rings (SSSR count). The van der Waals surface area contributed by atoms with Crippen molar-refractivity contribution in [3.05, 3.63) is 18.0 Å². The Balaban J connectivity index is 1.66. The molecule has 2 atom stereocenters. The lowest BCUT2D eigenvalue weighted by atomic mass is 9.87. The van der Waals surface area contributed by atoms with Crippen molar-refractivity contribution in [3.8, 4) is 0 Å². The van der Waals surface area contributed by atoms with Gasteiger partial charge in [-0.15, -0.1) is 0 Å². The highest BCUT2D eigenvalue weighted by molar-refractivity contribution is 5.07. The highest BCUT2D eigenvalue weighted by atomic mass is 16.3. The first-order valence-electron chi connectivity index (χ1n) is 6.62. The van der Waals surface area contributed by atoms with Gasteiger partial charge in [-0.2, -0.15) is 5.10 Å². The third-order valence-electron chi connectivity index (χ3n) is 4.55. The molecule has 17 heavy (non-hydrogen) atoms. The summed E-state index contributed by atoms with van der Waals surface area (Å²) in [7, 11) is 1.97. The Hall–Kier alpha value is -0.870. The molecule has 0 radical (unpaired) electrons. The predicted molar refractivity (Wildman–Crippen MR) is 65.7 cm³/mol. The smallest absolute Gasteiger partial charge is 0.0818 e. The van der Waals surface area contributed by atoms with E-state index in [0.717, 1.165) is 25.8 Å². The summed E-state index contributed by atoms with van der Waals surface area (Å²) in [5.41, 5.74) is 0.760. The Morgan fingerprint density at radius 3 is 3.18 bits per heavy atom. The number of aromatic nitrogens is 2. The van der Waals surface area contributed by atoms with Gasteiger partial charge in [0.25, 0.3) is 0 Å². The molecule has 94 valence electrons. The molecule has 4 heteroatoms. The lowest BCUT2D eigenvalue weighted by Gasteiger charge is -2.29. The molecule has 2 fully saturated rings. The Kier molecular flexibility index (Phi) is 2.71. The number of aliphatic hydroxyl groups is 1. The molecule has 0 aromatic carbocycles. The fraction of sp³-hybridized carbons (Fsp3) is 0.769. The second kappa shape index (κ2) is 4.10. The summed E-state index contributed by atoms with van der Waals surface area (Å²) < 4.78 is 1.91. The molecule has 0 spiro atoms. The van der Waals surface area contributed by atoms with Gasteiger partial charge in [-0.25, -0.2) is 0 Å². The number of aryl methyl sites for hydroxylation is 2.